The lowest BCUT2D eigenvalue weighted by Gasteiger charge is -2.28. The maximum atomic E-state index is 6.22. The summed E-state index contributed by atoms with van der Waals surface area (Å²) in [6.45, 7) is 7.20. The monoisotopic (exact) mass is 302 g/mol. The van der Waals surface area contributed by atoms with Crippen LogP contribution in [0.5, 0.6) is 0 Å². The maximum absolute atomic E-state index is 6.22. The number of rotatable bonds is 5. The van der Waals surface area contributed by atoms with E-state index < -0.39 is 0 Å². The first-order chi connectivity index (χ1) is 10.0. The third kappa shape index (κ3) is 3.78. The lowest BCUT2D eigenvalue weighted by molar-refractivity contribution is 0.736. The number of para-hydroxylation sites is 1. The molecule has 0 aliphatic heterocycles. The van der Waals surface area contributed by atoms with Crippen LogP contribution in [-0.2, 0) is 6.42 Å². The van der Waals surface area contributed by atoms with Crippen LogP contribution in [-0.4, -0.2) is 12.6 Å². The summed E-state index contributed by atoms with van der Waals surface area (Å²) in [6, 6.07) is 14.6. The summed E-state index contributed by atoms with van der Waals surface area (Å²) >= 11 is 6.22. The van der Waals surface area contributed by atoms with Crippen LogP contribution in [0.3, 0.4) is 0 Å². The van der Waals surface area contributed by atoms with Crippen molar-refractivity contribution in [3.8, 4) is 0 Å². The lowest BCUT2D eigenvalue weighted by Crippen LogP contribution is -2.22. The molecule has 2 aromatic rings. The molecule has 2 rings (SSSR count). The zero-order valence-corrected chi connectivity index (χ0v) is 13.7. The van der Waals surface area contributed by atoms with Gasteiger partial charge in [0, 0.05) is 29.0 Å². The third-order valence-corrected chi connectivity index (χ3v) is 3.84. The van der Waals surface area contributed by atoms with Crippen LogP contribution in [0.1, 0.15) is 25.0 Å². The van der Waals surface area contributed by atoms with Crippen molar-refractivity contribution in [1.29, 1.82) is 0 Å². The van der Waals surface area contributed by atoms with Crippen LogP contribution in [0, 0.1) is 6.92 Å². The predicted molar refractivity (Wildman–Crippen MR) is 92.7 cm³/mol. The minimum Gasteiger partial charge on any atom is -0.341 e. The van der Waals surface area contributed by atoms with Gasteiger partial charge in [0.15, 0.2) is 0 Å². The van der Waals surface area contributed by atoms with E-state index in [2.05, 4.69) is 49.1 Å². The molecule has 0 radical (unpaired) electrons. The lowest BCUT2D eigenvalue weighted by atomic mass is 10.0. The Kier molecular flexibility index (Phi) is 5.27. The first-order valence-corrected chi connectivity index (χ1v) is 7.78. The SMILES string of the molecule is CCN(c1ccccc1C)c1cc(Cl)ccc1CC(C)N. The van der Waals surface area contributed by atoms with Crippen molar-refractivity contribution in [3.63, 3.8) is 0 Å². The number of halogens is 1. The molecule has 0 saturated heterocycles. The van der Waals surface area contributed by atoms with Crippen LogP contribution in [0.15, 0.2) is 42.5 Å². The summed E-state index contributed by atoms with van der Waals surface area (Å²) < 4.78 is 0. The van der Waals surface area contributed by atoms with E-state index in [1.807, 2.05) is 19.1 Å². The Balaban J connectivity index is 2.51. The van der Waals surface area contributed by atoms with Crippen molar-refractivity contribution in [3.05, 3.63) is 58.6 Å². The summed E-state index contributed by atoms with van der Waals surface area (Å²) in [7, 11) is 0. The minimum absolute atomic E-state index is 0.125. The summed E-state index contributed by atoms with van der Waals surface area (Å²) in [5.41, 5.74) is 10.8. The number of benzene rings is 2. The van der Waals surface area contributed by atoms with E-state index in [9.17, 15) is 0 Å². The second-order valence-corrected chi connectivity index (χ2v) is 5.92. The van der Waals surface area contributed by atoms with E-state index in [4.69, 9.17) is 17.3 Å². The van der Waals surface area contributed by atoms with Crippen molar-refractivity contribution in [1.82, 2.24) is 0 Å². The van der Waals surface area contributed by atoms with Crippen molar-refractivity contribution < 1.29 is 0 Å². The van der Waals surface area contributed by atoms with Crippen LogP contribution in [0.4, 0.5) is 11.4 Å². The molecular weight excluding hydrogens is 280 g/mol. The van der Waals surface area contributed by atoms with Gasteiger partial charge in [-0.05, 0) is 56.5 Å². The van der Waals surface area contributed by atoms with E-state index in [0.717, 1.165) is 23.7 Å². The zero-order valence-electron chi connectivity index (χ0n) is 12.9. The normalized spacial score (nSPS) is 12.2. The Morgan fingerprint density at radius 2 is 1.86 bits per heavy atom. The van der Waals surface area contributed by atoms with Crippen molar-refractivity contribution in [2.75, 3.05) is 11.4 Å². The number of anilines is 2. The molecule has 3 heteroatoms. The van der Waals surface area contributed by atoms with Crippen molar-refractivity contribution in [2.45, 2.75) is 33.2 Å². The topological polar surface area (TPSA) is 29.3 Å². The van der Waals surface area contributed by atoms with E-state index >= 15 is 0 Å². The molecule has 0 aliphatic carbocycles. The van der Waals surface area contributed by atoms with Gasteiger partial charge in [-0.25, -0.2) is 0 Å². The van der Waals surface area contributed by atoms with E-state index in [1.54, 1.807) is 0 Å². The average Bonchev–Trinajstić information content (AvgIpc) is 2.44. The highest BCUT2D eigenvalue weighted by molar-refractivity contribution is 6.30. The summed E-state index contributed by atoms with van der Waals surface area (Å²) in [6.07, 6.45) is 0.842. The van der Waals surface area contributed by atoms with Gasteiger partial charge in [-0.2, -0.15) is 0 Å². The van der Waals surface area contributed by atoms with Gasteiger partial charge in [-0.3, -0.25) is 0 Å². The number of nitrogens with two attached hydrogens (primary N) is 1. The molecule has 112 valence electrons. The van der Waals surface area contributed by atoms with Crippen LogP contribution >= 0.6 is 11.6 Å². The third-order valence-electron chi connectivity index (χ3n) is 3.60. The predicted octanol–water partition coefficient (Wildman–Crippen LogP) is 4.70. The Morgan fingerprint density at radius 3 is 2.48 bits per heavy atom. The highest BCUT2D eigenvalue weighted by Crippen LogP contribution is 2.33. The molecule has 2 aromatic carbocycles. The van der Waals surface area contributed by atoms with Gasteiger partial charge in [0.2, 0.25) is 0 Å². The summed E-state index contributed by atoms with van der Waals surface area (Å²) in [5.74, 6) is 0. The second kappa shape index (κ2) is 6.97. The second-order valence-electron chi connectivity index (χ2n) is 5.49. The molecule has 2 N–H and O–H groups in total. The first kappa shape index (κ1) is 15.9. The van der Waals surface area contributed by atoms with Crippen molar-refractivity contribution >= 4 is 23.0 Å². The van der Waals surface area contributed by atoms with Gasteiger partial charge in [0.1, 0.15) is 0 Å². The standard InChI is InChI=1S/C18H23ClN2/c1-4-21(17-8-6-5-7-13(17)2)18-12-16(19)10-9-15(18)11-14(3)20/h5-10,12,14H,4,11,20H2,1-3H3. The fraction of sp³-hybridized carbons (Fsp3) is 0.333. The molecule has 0 aromatic heterocycles. The molecule has 1 unspecified atom stereocenters. The van der Waals surface area contributed by atoms with Gasteiger partial charge in [-0.15, -0.1) is 0 Å². The van der Waals surface area contributed by atoms with Gasteiger partial charge in [0.05, 0.1) is 0 Å². The van der Waals surface area contributed by atoms with Gasteiger partial charge in [0.25, 0.3) is 0 Å². The molecule has 1 atom stereocenters. The number of hydrogen-bond donors (Lipinski definition) is 1. The van der Waals surface area contributed by atoms with Gasteiger partial charge in [-0.1, -0.05) is 35.9 Å². The molecular formula is C18H23ClN2. The average molecular weight is 303 g/mol. The van der Waals surface area contributed by atoms with Gasteiger partial charge >= 0.3 is 0 Å². The maximum Gasteiger partial charge on any atom is 0.0458 e. The van der Waals surface area contributed by atoms with Crippen molar-refractivity contribution in [2.24, 2.45) is 5.73 Å². The molecule has 0 bridgehead atoms. The summed E-state index contributed by atoms with van der Waals surface area (Å²) in [4.78, 5) is 2.30. The molecule has 0 saturated carbocycles. The number of hydrogen-bond acceptors (Lipinski definition) is 2. The quantitative estimate of drug-likeness (QED) is 0.867. The smallest absolute Gasteiger partial charge is 0.0458 e. The number of nitrogens with zero attached hydrogens (tertiary/aromatic N) is 1. The van der Waals surface area contributed by atoms with Crippen LogP contribution in [0.2, 0.25) is 5.02 Å². The molecule has 2 nitrogen and oxygen atoms in total. The first-order valence-electron chi connectivity index (χ1n) is 7.40. The Bertz CT molecular complexity index is 608. The zero-order chi connectivity index (χ0) is 15.4. The van der Waals surface area contributed by atoms with Crippen LogP contribution < -0.4 is 10.6 Å². The van der Waals surface area contributed by atoms with E-state index in [1.165, 1.54) is 16.8 Å². The minimum atomic E-state index is 0.125. The Labute approximate surface area is 132 Å². The summed E-state index contributed by atoms with van der Waals surface area (Å²) in [5, 5.41) is 0.755. The van der Waals surface area contributed by atoms with Gasteiger partial charge < -0.3 is 10.6 Å². The number of aryl methyl sites for hydroxylation is 1. The molecule has 0 amide bonds. The molecule has 0 heterocycles. The Hall–Kier alpha value is -1.51. The van der Waals surface area contributed by atoms with E-state index in [0.29, 0.717) is 0 Å². The molecule has 0 spiro atoms. The molecule has 21 heavy (non-hydrogen) atoms. The fourth-order valence-electron chi connectivity index (χ4n) is 2.64. The highest BCUT2D eigenvalue weighted by Gasteiger charge is 2.15. The molecule has 0 fully saturated rings. The fourth-order valence-corrected chi connectivity index (χ4v) is 2.81. The largest absolute Gasteiger partial charge is 0.341 e. The molecule has 0 aliphatic rings. The Morgan fingerprint density at radius 1 is 1.14 bits per heavy atom. The van der Waals surface area contributed by atoms with Crippen LogP contribution in [0.25, 0.3) is 0 Å². The highest BCUT2D eigenvalue weighted by atomic mass is 35.5. The van der Waals surface area contributed by atoms with E-state index in [-0.39, 0.29) is 6.04 Å².